The van der Waals surface area contributed by atoms with Gasteiger partial charge in [0.2, 0.25) is 10.4 Å². The maximum absolute atomic E-state index is 10.0. The van der Waals surface area contributed by atoms with Crippen LogP contribution in [-0.2, 0) is 29.2 Å². The highest BCUT2D eigenvalue weighted by Crippen LogP contribution is 2.02. The van der Waals surface area contributed by atoms with Crippen molar-refractivity contribution in [3.63, 3.8) is 0 Å². The molecule has 14 heavy (non-hydrogen) atoms. The smallest absolute Gasteiger partial charge is 0.397 e. The molecule has 10 heteroatoms. The summed E-state index contributed by atoms with van der Waals surface area (Å²) in [4.78, 5) is 0. The van der Waals surface area contributed by atoms with E-state index in [4.69, 9.17) is 4.55 Å². The van der Waals surface area contributed by atoms with Crippen molar-refractivity contribution < 1.29 is 34.3 Å². The third-order valence-corrected chi connectivity index (χ3v) is 2.07. The van der Waals surface area contributed by atoms with E-state index in [0.717, 1.165) is 0 Å². The molecule has 1 unspecified atom stereocenters. The normalized spacial score (nSPS) is 15.4. The summed E-state index contributed by atoms with van der Waals surface area (Å²) in [6.07, 6.45) is -1.18. The summed E-state index contributed by atoms with van der Waals surface area (Å²) in [5.41, 5.74) is 0. The molecule has 8 nitrogen and oxygen atoms in total. The molecule has 0 aliphatic carbocycles. The Morgan fingerprint density at radius 1 is 1.36 bits per heavy atom. The van der Waals surface area contributed by atoms with Crippen LogP contribution < -0.4 is 0 Å². The molecule has 1 N–H and O–H groups in total. The predicted octanol–water partition coefficient (Wildman–Crippen LogP) is -0.939. The van der Waals surface area contributed by atoms with Gasteiger partial charge in [0.1, 0.15) is 0 Å². The molecule has 0 saturated carbocycles. The highest BCUT2D eigenvalue weighted by molar-refractivity contribution is 7.81. The summed E-state index contributed by atoms with van der Waals surface area (Å²) in [5, 5.41) is 0. The van der Waals surface area contributed by atoms with E-state index in [0.29, 0.717) is 0 Å². The molecule has 1 atom stereocenters. The van der Waals surface area contributed by atoms with Crippen LogP contribution in [0.5, 0.6) is 0 Å². The topological polar surface area (TPSA) is 130 Å². The van der Waals surface area contributed by atoms with Gasteiger partial charge in [0, 0.05) is 0 Å². The lowest BCUT2D eigenvalue weighted by Crippen LogP contribution is -2.17. The molecule has 0 aliphatic rings. The molecule has 0 fully saturated rings. The lowest BCUT2D eigenvalue weighted by atomic mass is 10.3. The fourth-order valence-corrected chi connectivity index (χ4v) is 1.37. The summed E-state index contributed by atoms with van der Waals surface area (Å²) < 4.78 is 65.9. The largest absolute Gasteiger partial charge is 0.726 e. The standard InChI is InChI=1S/C4H10O8S2/c1-4(12-14(8,9)10)2-3-11-13(5,6)7/h4H,2-3H2,1H3,(H,5,6,7)(H,8,9,10)/p-1. The van der Waals surface area contributed by atoms with Crippen LogP contribution in [-0.4, -0.2) is 38.7 Å². The maximum atomic E-state index is 10.0. The monoisotopic (exact) mass is 249 g/mol. The molecular formula is C4H9O8S2-. The summed E-state index contributed by atoms with van der Waals surface area (Å²) in [7, 11) is -9.35. The van der Waals surface area contributed by atoms with Crippen molar-refractivity contribution in [1.82, 2.24) is 0 Å². The summed E-state index contributed by atoms with van der Waals surface area (Å²) in [5.74, 6) is 0. The SMILES string of the molecule is CC(CCOS(=O)(=O)O)OS(=O)(=O)[O-]. The first-order valence-corrected chi connectivity index (χ1v) is 6.06. The maximum Gasteiger partial charge on any atom is 0.397 e. The average Bonchev–Trinajstić information content (AvgIpc) is 1.78. The minimum atomic E-state index is -4.81. The molecule has 0 rings (SSSR count). The van der Waals surface area contributed by atoms with Crippen LogP contribution in [0, 0.1) is 0 Å². The Labute approximate surface area is 81.7 Å². The highest BCUT2D eigenvalue weighted by atomic mass is 32.3. The summed E-state index contributed by atoms with van der Waals surface area (Å²) >= 11 is 0. The lowest BCUT2D eigenvalue weighted by molar-refractivity contribution is 0.158. The second-order valence-electron chi connectivity index (χ2n) is 2.35. The third-order valence-electron chi connectivity index (χ3n) is 1.04. The van der Waals surface area contributed by atoms with Crippen molar-refractivity contribution >= 4 is 20.8 Å². The fraction of sp³-hybridized carbons (Fsp3) is 1.00. The van der Waals surface area contributed by atoms with Crippen LogP contribution in [0.25, 0.3) is 0 Å². The van der Waals surface area contributed by atoms with Gasteiger partial charge in [-0.3, -0.25) is 8.74 Å². The van der Waals surface area contributed by atoms with Crippen LogP contribution in [0.4, 0.5) is 0 Å². The van der Waals surface area contributed by atoms with Crippen molar-refractivity contribution in [1.29, 1.82) is 0 Å². The van der Waals surface area contributed by atoms with Gasteiger partial charge in [-0.05, 0) is 13.3 Å². The first kappa shape index (κ1) is 13.7. The van der Waals surface area contributed by atoms with Gasteiger partial charge < -0.3 is 4.55 Å². The minimum absolute atomic E-state index is 0.165. The zero-order valence-corrected chi connectivity index (χ0v) is 8.75. The van der Waals surface area contributed by atoms with Crippen LogP contribution >= 0.6 is 0 Å². The van der Waals surface area contributed by atoms with E-state index in [1.807, 2.05) is 0 Å². The quantitative estimate of drug-likeness (QED) is 0.471. The van der Waals surface area contributed by atoms with E-state index in [-0.39, 0.29) is 6.42 Å². The summed E-state index contributed by atoms with van der Waals surface area (Å²) in [6, 6.07) is 0. The van der Waals surface area contributed by atoms with E-state index in [1.54, 1.807) is 0 Å². The molecule has 0 aliphatic heterocycles. The molecule has 0 aromatic carbocycles. The molecule has 0 aromatic heterocycles. The molecule has 0 aromatic rings. The van der Waals surface area contributed by atoms with Gasteiger partial charge in [0.15, 0.2) is 0 Å². The van der Waals surface area contributed by atoms with Crippen LogP contribution in [0.2, 0.25) is 0 Å². The zero-order chi connectivity index (χ0) is 11.4. The van der Waals surface area contributed by atoms with Crippen molar-refractivity contribution in [2.75, 3.05) is 6.61 Å². The molecule has 86 valence electrons. The third kappa shape index (κ3) is 9.83. The molecule has 0 spiro atoms. The van der Waals surface area contributed by atoms with Gasteiger partial charge >= 0.3 is 10.4 Å². The lowest BCUT2D eigenvalue weighted by Gasteiger charge is -2.13. The number of hydrogen-bond donors (Lipinski definition) is 1. The second kappa shape index (κ2) is 5.00. The molecule has 0 amide bonds. The Hall–Kier alpha value is -0.260. The molecule has 0 heterocycles. The molecule has 0 radical (unpaired) electrons. The number of rotatable bonds is 6. The van der Waals surface area contributed by atoms with E-state index < -0.39 is 33.5 Å². The van der Waals surface area contributed by atoms with E-state index in [9.17, 15) is 21.4 Å². The van der Waals surface area contributed by atoms with Gasteiger partial charge in [-0.1, -0.05) is 0 Å². The fourth-order valence-electron chi connectivity index (χ4n) is 0.569. The average molecular weight is 249 g/mol. The Morgan fingerprint density at radius 2 is 1.86 bits per heavy atom. The minimum Gasteiger partial charge on any atom is -0.726 e. The number of hydrogen-bond acceptors (Lipinski definition) is 7. The second-order valence-corrected chi connectivity index (χ2v) is 4.45. The van der Waals surface area contributed by atoms with Crippen LogP contribution in [0.15, 0.2) is 0 Å². The first-order valence-electron chi connectivity index (χ1n) is 3.36. The van der Waals surface area contributed by atoms with E-state index in [2.05, 4.69) is 8.37 Å². The van der Waals surface area contributed by atoms with Crippen LogP contribution in [0.3, 0.4) is 0 Å². The molecule has 0 bridgehead atoms. The van der Waals surface area contributed by atoms with Crippen molar-refractivity contribution in [2.24, 2.45) is 0 Å². The Kier molecular flexibility index (Phi) is 4.91. The van der Waals surface area contributed by atoms with E-state index >= 15 is 0 Å². The van der Waals surface area contributed by atoms with Gasteiger partial charge in [-0.2, -0.15) is 8.42 Å². The van der Waals surface area contributed by atoms with Crippen molar-refractivity contribution in [3.05, 3.63) is 0 Å². The predicted molar refractivity (Wildman–Crippen MR) is 42.4 cm³/mol. The zero-order valence-electron chi connectivity index (χ0n) is 7.11. The van der Waals surface area contributed by atoms with E-state index in [1.165, 1.54) is 6.92 Å². The Bertz CT molecular complexity index is 353. The summed E-state index contributed by atoms with van der Waals surface area (Å²) in [6.45, 7) is 0.762. The van der Waals surface area contributed by atoms with Gasteiger partial charge in [-0.25, -0.2) is 12.6 Å². The molecule has 0 saturated heterocycles. The highest BCUT2D eigenvalue weighted by Gasteiger charge is 2.09. The molecular weight excluding hydrogens is 240 g/mol. The van der Waals surface area contributed by atoms with Crippen molar-refractivity contribution in [2.45, 2.75) is 19.4 Å². The van der Waals surface area contributed by atoms with Gasteiger partial charge in [-0.15, -0.1) is 0 Å². The Balaban J connectivity index is 3.82. The van der Waals surface area contributed by atoms with Gasteiger partial charge in [0.05, 0.1) is 12.7 Å². The Morgan fingerprint density at radius 3 is 2.21 bits per heavy atom. The van der Waals surface area contributed by atoms with Gasteiger partial charge in [0.25, 0.3) is 0 Å². The van der Waals surface area contributed by atoms with Crippen molar-refractivity contribution in [3.8, 4) is 0 Å². The first-order chi connectivity index (χ1) is 6.10. The van der Waals surface area contributed by atoms with Crippen LogP contribution in [0.1, 0.15) is 13.3 Å².